The van der Waals surface area contributed by atoms with Crippen LogP contribution in [0.25, 0.3) is 0 Å². The number of carbonyl (C=O) groups excluding carboxylic acids is 2. The fourth-order valence-corrected chi connectivity index (χ4v) is 3.97. The van der Waals surface area contributed by atoms with Crippen LogP contribution in [0, 0.1) is 23.7 Å². The van der Waals surface area contributed by atoms with E-state index in [9.17, 15) is 31.2 Å². The molecule has 12 heteroatoms. The summed E-state index contributed by atoms with van der Waals surface area (Å²) in [5.74, 6) is -0.683. The number of rotatable bonds is 5. The highest BCUT2D eigenvalue weighted by molar-refractivity contribution is 7.90. The fraction of sp³-hybridized carbons (Fsp3) is 0.714. The van der Waals surface area contributed by atoms with Gasteiger partial charge in [-0.2, -0.15) is 26.0 Å². The fourth-order valence-electron chi connectivity index (χ4n) is 3.38. The van der Waals surface area contributed by atoms with Crippen LogP contribution in [-0.2, 0) is 29.1 Å². The van der Waals surface area contributed by atoms with Crippen molar-refractivity contribution in [2.24, 2.45) is 29.5 Å². The molecule has 1 amide bonds. The van der Waals surface area contributed by atoms with Gasteiger partial charge in [0.2, 0.25) is 0 Å². The summed E-state index contributed by atoms with van der Waals surface area (Å²) in [4.78, 5) is 24.8. The predicted octanol–water partition coefficient (Wildman–Crippen LogP) is 0.309. The topological polar surface area (TPSA) is 119 Å². The summed E-state index contributed by atoms with van der Waals surface area (Å²) in [6.07, 6.45) is 3.59. The number of hydrogen-bond acceptors (Lipinski definition) is 7. The molecule has 0 aromatic rings. The molecule has 2 bridgehead atoms. The van der Waals surface area contributed by atoms with E-state index in [1.54, 1.807) is 19.1 Å². The zero-order valence-electron chi connectivity index (χ0n) is 13.6. The number of nitrogens with zero attached hydrogens (tertiary/aromatic N) is 1. The molecule has 0 spiro atoms. The molecule has 3 rings (SSSR count). The summed E-state index contributed by atoms with van der Waals surface area (Å²) >= 11 is 0. The van der Waals surface area contributed by atoms with E-state index >= 15 is 0 Å². The van der Waals surface area contributed by atoms with Gasteiger partial charge in [0.1, 0.15) is 12.2 Å². The second-order valence-electron chi connectivity index (χ2n) is 6.93. The number of fused-ring (bicyclic) bond motifs is 2. The summed E-state index contributed by atoms with van der Waals surface area (Å²) in [5.41, 5.74) is -6.32. The van der Waals surface area contributed by atoms with Gasteiger partial charge in [-0.1, -0.05) is 12.2 Å². The number of epoxide rings is 1. The van der Waals surface area contributed by atoms with Crippen molar-refractivity contribution in [3.63, 3.8) is 0 Å². The first-order valence-electron chi connectivity index (χ1n) is 7.76. The molecule has 2 fully saturated rings. The Morgan fingerprint density at radius 2 is 1.85 bits per heavy atom. The number of nitrogens with two attached hydrogens (primary N) is 1. The molecule has 1 saturated heterocycles. The van der Waals surface area contributed by atoms with Gasteiger partial charge in [0.05, 0.1) is 18.4 Å². The van der Waals surface area contributed by atoms with Gasteiger partial charge < -0.3 is 9.47 Å². The third-order valence-corrected chi connectivity index (χ3v) is 6.22. The zero-order chi connectivity index (χ0) is 19.5. The minimum atomic E-state index is -6.04. The maximum absolute atomic E-state index is 12.7. The molecule has 0 aromatic carbocycles. The Labute approximate surface area is 147 Å². The average molecular weight is 398 g/mol. The quantitative estimate of drug-likeness (QED) is 0.177. The standard InChI is InChI=1S/C14H17F3N2O6S/c1-13(6-25-13)5-24-12(21)10-8-3-2-7(4-8)9(10)11(20)19(18)26(22,23)14(15,16)17/h2-3,7-10H,4-6,18H2,1H3. The minimum absolute atomic E-state index is 0.0580. The lowest BCUT2D eigenvalue weighted by Crippen LogP contribution is -2.53. The maximum Gasteiger partial charge on any atom is 0.518 e. The Kier molecular flexibility index (Phi) is 4.36. The molecular weight excluding hydrogens is 381 g/mol. The number of hydrogen-bond donors (Lipinski definition) is 1. The largest absolute Gasteiger partial charge is 0.518 e. The highest BCUT2D eigenvalue weighted by atomic mass is 32.2. The van der Waals surface area contributed by atoms with Crippen molar-refractivity contribution in [3.05, 3.63) is 12.2 Å². The molecule has 8 nitrogen and oxygen atoms in total. The van der Waals surface area contributed by atoms with E-state index < -0.39 is 61.1 Å². The summed E-state index contributed by atoms with van der Waals surface area (Å²) in [6.45, 7) is 2.05. The molecule has 0 aromatic heterocycles. The Morgan fingerprint density at radius 1 is 1.31 bits per heavy atom. The van der Waals surface area contributed by atoms with Gasteiger partial charge in [0.25, 0.3) is 5.91 Å². The second kappa shape index (κ2) is 5.92. The molecule has 5 atom stereocenters. The summed E-state index contributed by atoms with van der Waals surface area (Å²) in [6, 6.07) is 0. The lowest BCUT2D eigenvalue weighted by molar-refractivity contribution is -0.156. The van der Waals surface area contributed by atoms with Crippen molar-refractivity contribution >= 4 is 21.9 Å². The zero-order valence-corrected chi connectivity index (χ0v) is 14.4. The molecule has 3 aliphatic rings. The summed E-state index contributed by atoms with van der Waals surface area (Å²) in [7, 11) is -6.04. The van der Waals surface area contributed by atoms with Gasteiger partial charge in [-0.25, -0.2) is 5.84 Å². The van der Waals surface area contributed by atoms with Crippen molar-refractivity contribution in [2.75, 3.05) is 13.2 Å². The molecular formula is C14H17F3N2O6S. The second-order valence-corrected chi connectivity index (χ2v) is 8.74. The van der Waals surface area contributed by atoms with Crippen LogP contribution in [0.2, 0.25) is 0 Å². The molecule has 1 heterocycles. The smallest absolute Gasteiger partial charge is 0.462 e. The number of halogens is 3. The Hall–Kier alpha value is -1.66. The van der Waals surface area contributed by atoms with Crippen LogP contribution >= 0.6 is 0 Å². The third kappa shape index (κ3) is 3.09. The molecule has 1 saturated carbocycles. The van der Waals surface area contributed by atoms with Crippen molar-refractivity contribution in [1.82, 2.24) is 4.41 Å². The number of amides is 1. The lowest BCUT2D eigenvalue weighted by Gasteiger charge is -2.29. The van der Waals surface area contributed by atoms with Crippen molar-refractivity contribution in [2.45, 2.75) is 24.5 Å². The van der Waals surface area contributed by atoms with E-state index in [0.717, 1.165) is 0 Å². The number of carbonyl (C=O) groups is 2. The van der Waals surface area contributed by atoms with Gasteiger partial charge in [-0.15, -0.1) is 0 Å². The molecule has 0 radical (unpaired) electrons. The molecule has 146 valence electrons. The van der Waals surface area contributed by atoms with Crippen molar-refractivity contribution in [1.29, 1.82) is 0 Å². The highest BCUT2D eigenvalue weighted by Gasteiger charge is 2.58. The molecule has 1 aliphatic heterocycles. The van der Waals surface area contributed by atoms with E-state index in [1.807, 2.05) is 0 Å². The SMILES string of the molecule is CC1(COC(=O)C2C3C=CC(C3)C2C(=O)N(N)S(=O)(=O)C(F)(F)F)CO1. The first-order valence-corrected chi connectivity index (χ1v) is 9.20. The Bertz CT molecular complexity index is 761. The Morgan fingerprint density at radius 3 is 2.35 bits per heavy atom. The highest BCUT2D eigenvalue weighted by Crippen LogP contribution is 2.49. The van der Waals surface area contributed by atoms with Gasteiger partial charge in [-0.3, -0.25) is 9.59 Å². The number of alkyl halides is 3. The van der Waals surface area contributed by atoms with Gasteiger partial charge in [0.15, 0.2) is 0 Å². The van der Waals surface area contributed by atoms with E-state index in [-0.39, 0.29) is 6.61 Å². The van der Waals surface area contributed by atoms with Crippen molar-refractivity contribution in [3.8, 4) is 0 Å². The maximum atomic E-state index is 12.7. The monoisotopic (exact) mass is 398 g/mol. The van der Waals surface area contributed by atoms with Crippen LogP contribution in [0.5, 0.6) is 0 Å². The van der Waals surface area contributed by atoms with Gasteiger partial charge in [0, 0.05) is 0 Å². The first kappa shape index (κ1) is 19.1. The predicted molar refractivity (Wildman–Crippen MR) is 79.0 cm³/mol. The number of esters is 1. The molecule has 2 aliphatic carbocycles. The van der Waals surface area contributed by atoms with Crippen LogP contribution in [0.3, 0.4) is 0 Å². The average Bonchev–Trinajstić information content (AvgIpc) is 2.97. The number of hydrazine groups is 1. The van der Waals surface area contributed by atoms with Crippen LogP contribution < -0.4 is 5.84 Å². The lowest BCUT2D eigenvalue weighted by atomic mass is 9.82. The molecule has 2 N–H and O–H groups in total. The van der Waals surface area contributed by atoms with E-state index in [0.29, 0.717) is 13.0 Å². The third-order valence-electron chi connectivity index (χ3n) is 4.94. The molecule has 5 unspecified atom stereocenters. The Balaban J connectivity index is 1.79. The summed E-state index contributed by atoms with van der Waals surface area (Å²) in [5, 5.41) is 0. The van der Waals surface area contributed by atoms with Crippen LogP contribution in [-0.4, -0.2) is 49.0 Å². The number of sulfonamides is 1. The number of ether oxygens (including phenoxy) is 2. The van der Waals surface area contributed by atoms with Gasteiger partial charge >= 0.3 is 21.5 Å². The normalized spacial score (nSPS) is 35.4. The van der Waals surface area contributed by atoms with E-state index in [2.05, 4.69) is 0 Å². The van der Waals surface area contributed by atoms with Crippen LogP contribution in [0.15, 0.2) is 12.2 Å². The molecule has 26 heavy (non-hydrogen) atoms. The minimum Gasteiger partial charge on any atom is -0.462 e. The first-order chi connectivity index (χ1) is 11.9. The van der Waals surface area contributed by atoms with Gasteiger partial charge in [-0.05, 0) is 25.2 Å². The van der Waals surface area contributed by atoms with E-state index in [1.165, 1.54) is 0 Å². The summed E-state index contributed by atoms with van der Waals surface area (Å²) < 4.78 is 70.2. The van der Waals surface area contributed by atoms with E-state index in [4.69, 9.17) is 15.3 Å². The van der Waals surface area contributed by atoms with Crippen LogP contribution in [0.1, 0.15) is 13.3 Å². The van der Waals surface area contributed by atoms with Crippen LogP contribution in [0.4, 0.5) is 13.2 Å². The van der Waals surface area contributed by atoms with Crippen molar-refractivity contribution < 1.29 is 40.7 Å². The number of allylic oxidation sites excluding steroid dienone is 2.